The van der Waals surface area contributed by atoms with E-state index in [0.29, 0.717) is 11.7 Å². The minimum Gasteiger partial charge on any atom is -0.512 e. The maximum Gasteiger partial charge on any atom is 0.0982 e. The van der Waals surface area contributed by atoms with Crippen molar-refractivity contribution in [3.05, 3.63) is 23.0 Å². The molecular weight excluding hydrogens is 124 g/mol. The lowest BCUT2D eigenvalue weighted by molar-refractivity contribution is 0.330. The Kier molecular flexibility index (Phi) is 1.84. The van der Waals surface area contributed by atoms with Crippen LogP contribution in [-0.2, 0) is 0 Å². The molecule has 1 atom stereocenters. The van der Waals surface area contributed by atoms with Crippen molar-refractivity contribution >= 4 is 0 Å². The van der Waals surface area contributed by atoms with Gasteiger partial charge < -0.3 is 5.11 Å². The van der Waals surface area contributed by atoms with Gasteiger partial charge in [0.25, 0.3) is 0 Å². The summed E-state index contributed by atoms with van der Waals surface area (Å²) in [6, 6.07) is 0. The Labute approximate surface area is 62.1 Å². The second-order valence-electron chi connectivity index (χ2n) is 3.16. The zero-order valence-corrected chi connectivity index (χ0v) is 6.81. The average molecular weight is 138 g/mol. The van der Waals surface area contributed by atoms with E-state index >= 15 is 0 Å². The number of hydrogen-bond acceptors (Lipinski definition) is 1. The Morgan fingerprint density at radius 2 is 2.10 bits per heavy atom. The summed E-state index contributed by atoms with van der Waals surface area (Å²) in [5, 5.41) is 9.40. The van der Waals surface area contributed by atoms with Crippen molar-refractivity contribution in [3.8, 4) is 0 Å². The van der Waals surface area contributed by atoms with E-state index in [4.69, 9.17) is 0 Å². The quantitative estimate of drug-likeness (QED) is 0.545. The monoisotopic (exact) mass is 138 g/mol. The topological polar surface area (TPSA) is 20.2 Å². The molecule has 1 aliphatic carbocycles. The summed E-state index contributed by atoms with van der Waals surface area (Å²) in [5.41, 5.74) is 2.39. The molecular formula is C9H14O. The predicted molar refractivity (Wildman–Crippen MR) is 42.9 cm³/mol. The number of aliphatic hydroxyl groups is 1. The normalized spacial score (nSPS) is 26.7. The van der Waals surface area contributed by atoms with Crippen LogP contribution in [0.1, 0.15) is 27.2 Å². The fraction of sp³-hybridized carbons (Fsp3) is 0.556. The van der Waals surface area contributed by atoms with Gasteiger partial charge in [-0.05, 0) is 25.8 Å². The molecule has 0 fully saturated rings. The molecule has 1 aliphatic rings. The van der Waals surface area contributed by atoms with Gasteiger partial charge in [-0.3, -0.25) is 0 Å². The van der Waals surface area contributed by atoms with Gasteiger partial charge in [0.1, 0.15) is 0 Å². The Balaban J connectivity index is 2.92. The lowest BCUT2D eigenvalue weighted by Gasteiger charge is -2.17. The molecule has 0 heterocycles. The highest BCUT2D eigenvalue weighted by Gasteiger charge is 2.14. The molecule has 0 aliphatic heterocycles. The largest absolute Gasteiger partial charge is 0.512 e. The van der Waals surface area contributed by atoms with Crippen LogP contribution in [0.5, 0.6) is 0 Å². The Bertz CT molecular complexity index is 199. The first-order chi connectivity index (χ1) is 4.61. The second-order valence-corrected chi connectivity index (χ2v) is 3.16. The molecule has 0 saturated heterocycles. The van der Waals surface area contributed by atoms with Gasteiger partial charge in [0.15, 0.2) is 0 Å². The fourth-order valence-electron chi connectivity index (χ4n) is 1.47. The third-order valence-electron chi connectivity index (χ3n) is 1.96. The minimum atomic E-state index is 0.324. The zero-order valence-electron chi connectivity index (χ0n) is 6.81. The summed E-state index contributed by atoms with van der Waals surface area (Å²) >= 11 is 0. The maximum atomic E-state index is 9.40. The van der Waals surface area contributed by atoms with Crippen LogP contribution in [-0.4, -0.2) is 5.11 Å². The van der Waals surface area contributed by atoms with Crippen LogP contribution in [0.4, 0.5) is 0 Å². The molecule has 0 bridgehead atoms. The van der Waals surface area contributed by atoms with Gasteiger partial charge >= 0.3 is 0 Å². The summed E-state index contributed by atoms with van der Waals surface area (Å²) in [5.74, 6) is 0.885. The molecule has 1 heteroatoms. The number of rotatable bonds is 0. The van der Waals surface area contributed by atoms with Crippen LogP contribution < -0.4 is 0 Å². The highest BCUT2D eigenvalue weighted by molar-refractivity contribution is 5.29. The highest BCUT2D eigenvalue weighted by Crippen LogP contribution is 2.26. The van der Waals surface area contributed by atoms with Crippen LogP contribution in [0.2, 0.25) is 0 Å². The maximum absolute atomic E-state index is 9.40. The summed E-state index contributed by atoms with van der Waals surface area (Å²) in [6.07, 6.45) is 3.05. The van der Waals surface area contributed by atoms with Crippen LogP contribution in [0.3, 0.4) is 0 Å². The summed E-state index contributed by atoms with van der Waals surface area (Å²) in [6.45, 7) is 6.11. The molecule has 1 unspecified atom stereocenters. The van der Waals surface area contributed by atoms with Crippen molar-refractivity contribution in [2.24, 2.45) is 5.92 Å². The van der Waals surface area contributed by atoms with Crippen molar-refractivity contribution in [1.82, 2.24) is 0 Å². The third-order valence-corrected chi connectivity index (χ3v) is 1.96. The molecule has 1 nitrogen and oxygen atoms in total. The zero-order chi connectivity index (χ0) is 7.72. The minimum absolute atomic E-state index is 0.324. The Hall–Kier alpha value is -0.720. The van der Waals surface area contributed by atoms with Crippen molar-refractivity contribution < 1.29 is 5.11 Å². The molecule has 0 amide bonds. The molecule has 1 rings (SSSR count). The highest BCUT2D eigenvalue weighted by atomic mass is 16.3. The van der Waals surface area contributed by atoms with E-state index in [-0.39, 0.29) is 0 Å². The Morgan fingerprint density at radius 1 is 1.50 bits per heavy atom. The van der Waals surface area contributed by atoms with Gasteiger partial charge in [-0.2, -0.15) is 0 Å². The Morgan fingerprint density at radius 3 is 2.60 bits per heavy atom. The van der Waals surface area contributed by atoms with Gasteiger partial charge in [-0.1, -0.05) is 18.6 Å². The molecule has 56 valence electrons. The van der Waals surface area contributed by atoms with Gasteiger partial charge in [0, 0.05) is 5.92 Å². The third kappa shape index (κ3) is 1.23. The van der Waals surface area contributed by atoms with Gasteiger partial charge in [-0.25, -0.2) is 0 Å². The smallest absolute Gasteiger partial charge is 0.0982 e. The van der Waals surface area contributed by atoms with Crippen molar-refractivity contribution in [3.63, 3.8) is 0 Å². The SMILES string of the molecule is CC1=CC(C)=C(O)C(C)C1. The van der Waals surface area contributed by atoms with Gasteiger partial charge in [0.05, 0.1) is 5.76 Å². The van der Waals surface area contributed by atoms with Crippen LogP contribution in [0.15, 0.2) is 23.0 Å². The van der Waals surface area contributed by atoms with E-state index in [9.17, 15) is 5.11 Å². The fourth-order valence-corrected chi connectivity index (χ4v) is 1.47. The lowest BCUT2D eigenvalue weighted by atomic mass is 9.91. The molecule has 0 saturated carbocycles. The molecule has 1 N–H and O–H groups in total. The van der Waals surface area contributed by atoms with E-state index in [0.717, 1.165) is 12.0 Å². The van der Waals surface area contributed by atoms with E-state index in [2.05, 4.69) is 19.9 Å². The first-order valence-corrected chi connectivity index (χ1v) is 3.68. The predicted octanol–water partition coefficient (Wildman–Crippen LogP) is 2.80. The first-order valence-electron chi connectivity index (χ1n) is 3.68. The summed E-state index contributed by atoms with van der Waals surface area (Å²) < 4.78 is 0. The van der Waals surface area contributed by atoms with Crippen molar-refractivity contribution in [1.29, 1.82) is 0 Å². The summed E-state index contributed by atoms with van der Waals surface area (Å²) in [7, 11) is 0. The second kappa shape index (κ2) is 2.49. The van der Waals surface area contributed by atoms with Crippen molar-refractivity contribution in [2.75, 3.05) is 0 Å². The van der Waals surface area contributed by atoms with Crippen LogP contribution >= 0.6 is 0 Å². The lowest BCUT2D eigenvalue weighted by Crippen LogP contribution is -2.06. The van der Waals surface area contributed by atoms with Crippen molar-refractivity contribution in [2.45, 2.75) is 27.2 Å². The standard InChI is InChI=1S/C9H14O/c1-6-4-7(2)9(10)8(3)5-6/h4,8,10H,5H2,1-3H3. The van der Waals surface area contributed by atoms with E-state index in [1.807, 2.05) is 6.92 Å². The van der Waals surface area contributed by atoms with E-state index < -0.39 is 0 Å². The first kappa shape index (κ1) is 7.39. The molecule has 10 heavy (non-hydrogen) atoms. The van der Waals surface area contributed by atoms with Crippen LogP contribution in [0.25, 0.3) is 0 Å². The average Bonchev–Trinajstić information content (AvgIpc) is 1.82. The number of allylic oxidation sites excluding steroid dienone is 4. The van der Waals surface area contributed by atoms with Gasteiger partial charge in [0.2, 0.25) is 0 Å². The molecule has 0 aromatic carbocycles. The molecule has 0 spiro atoms. The number of aliphatic hydroxyl groups excluding tert-OH is 1. The van der Waals surface area contributed by atoms with E-state index in [1.165, 1.54) is 5.57 Å². The number of hydrogen-bond donors (Lipinski definition) is 1. The molecule has 0 radical (unpaired) electrons. The molecule has 0 aromatic heterocycles. The molecule has 0 aromatic rings. The van der Waals surface area contributed by atoms with Crippen LogP contribution in [0, 0.1) is 5.92 Å². The van der Waals surface area contributed by atoms with E-state index in [1.54, 1.807) is 0 Å². The summed E-state index contributed by atoms with van der Waals surface area (Å²) in [4.78, 5) is 0. The van der Waals surface area contributed by atoms with Gasteiger partial charge in [-0.15, -0.1) is 0 Å².